The highest BCUT2D eigenvalue weighted by Gasteiger charge is 2.21. The number of rotatable bonds is 4. The third-order valence-corrected chi connectivity index (χ3v) is 2.56. The molecule has 0 atom stereocenters. The monoisotopic (exact) mass is 308 g/mol. The second kappa shape index (κ2) is 5.90. The molecule has 0 bridgehead atoms. The van der Waals surface area contributed by atoms with Gasteiger partial charge in [-0.05, 0) is 13.0 Å². The Labute approximate surface area is 105 Å². The zero-order chi connectivity index (χ0) is 13.0. The van der Waals surface area contributed by atoms with E-state index in [1.54, 1.807) is 6.92 Å². The molecule has 1 aromatic rings. The van der Waals surface area contributed by atoms with Crippen molar-refractivity contribution in [2.24, 2.45) is 0 Å². The number of anilines is 1. The normalized spacial score (nSPS) is 10.6. The topological polar surface area (TPSA) is 65.2 Å². The van der Waals surface area contributed by atoms with Crippen LogP contribution in [-0.4, -0.2) is 17.6 Å². The first kappa shape index (κ1) is 13.8. The fraction of sp³-hybridized carbons (Fsp3) is 0.400. The Hall–Kier alpha value is -1.24. The van der Waals surface area contributed by atoms with Crippen LogP contribution in [0.1, 0.15) is 35.1 Å². The van der Waals surface area contributed by atoms with E-state index < -0.39 is 18.0 Å². The van der Waals surface area contributed by atoms with Gasteiger partial charge in [0.2, 0.25) is 0 Å². The second-order valence-electron chi connectivity index (χ2n) is 3.12. The van der Waals surface area contributed by atoms with Crippen LogP contribution in [0.2, 0.25) is 0 Å². The van der Waals surface area contributed by atoms with Gasteiger partial charge in [0.05, 0.1) is 18.0 Å². The molecular formula is C10H11BrF2N2O2. The Kier molecular flexibility index (Phi) is 4.80. The number of nitrogens with zero attached hydrogens (tertiary/aromatic N) is 1. The van der Waals surface area contributed by atoms with Gasteiger partial charge in [-0.25, -0.2) is 18.6 Å². The Morgan fingerprint density at radius 1 is 1.65 bits per heavy atom. The van der Waals surface area contributed by atoms with Crippen molar-refractivity contribution in [2.45, 2.75) is 18.7 Å². The van der Waals surface area contributed by atoms with Crippen LogP contribution in [0, 0.1) is 0 Å². The molecule has 1 heterocycles. The number of hydrogen-bond acceptors (Lipinski definition) is 4. The Bertz CT molecular complexity index is 427. The maximum atomic E-state index is 12.7. The lowest BCUT2D eigenvalue weighted by Gasteiger charge is -2.11. The standard InChI is InChI=1S/C10H11BrF2N2O2/c1-2-17-10(16)8-7(14)6(9(12)13)3-5(4-11)15-8/h3,9H,2,4,14H2,1H3. The van der Waals surface area contributed by atoms with Crippen molar-refractivity contribution in [2.75, 3.05) is 12.3 Å². The van der Waals surface area contributed by atoms with Crippen LogP contribution in [0.25, 0.3) is 0 Å². The van der Waals surface area contributed by atoms with E-state index in [-0.39, 0.29) is 23.3 Å². The minimum Gasteiger partial charge on any atom is -0.461 e. The van der Waals surface area contributed by atoms with Gasteiger partial charge in [0.15, 0.2) is 5.69 Å². The summed E-state index contributed by atoms with van der Waals surface area (Å²) in [5.74, 6) is -0.797. The Balaban J connectivity index is 3.28. The largest absolute Gasteiger partial charge is 0.461 e. The molecule has 0 amide bonds. The van der Waals surface area contributed by atoms with E-state index in [9.17, 15) is 13.6 Å². The fourth-order valence-electron chi connectivity index (χ4n) is 1.23. The predicted molar refractivity (Wildman–Crippen MR) is 62.2 cm³/mol. The molecule has 0 aliphatic rings. The number of esters is 1. The summed E-state index contributed by atoms with van der Waals surface area (Å²) in [6.07, 6.45) is -2.76. The maximum absolute atomic E-state index is 12.7. The molecule has 1 aromatic heterocycles. The van der Waals surface area contributed by atoms with Gasteiger partial charge < -0.3 is 10.5 Å². The molecule has 0 spiro atoms. The Morgan fingerprint density at radius 2 is 2.29 bits per heavy atom. The first-order valence-electron chi connectivity index (χ1n) is 4.81. The number of alkyl halides is 3. The molecule has 0 aliphatic heterocycles. The number of carbonyl (C=O) groups is 1. The van der Waals surface area contributed by atoms with Crippen LogP contribution in [0.3, 0.4) is 0 Å². The average Bonchev–Trinajstić information content (AvgIpc) is 2.29. The Morgan fingerprint density at radius 3 is 2.76 bits per heavy atom. The van der Waals surface area contributed by atoms with Gasteiger partial charge >= 0.3 is 5.97 Å². The number of hydrogen-bond donors (Lipinski definition) is 1. The molecule has 0 aliphatic carbocycles. The molecule has 4 nitrogen and oxygen atoms in total. The number of aromatic nitrogens is 1. The van der Waals surface area contributed by atoms with Crippen molar-refractivity contribution >= 4 is 27.6 Å². The number of ether oxygens (including phenoxy) is 1. The van der Waals surface area contributed by atoms with Crippen molar-refractivity contribution in [3.63, 3.8) is 0 Å². The van der Waals surface area contributed by atoms with Gasteiger partial charge in [-0.3, -0.25) is 0 Å². The fourth-order valence-corrected chi connectivity index (χ4v) is 1.52. The van der Waals surface area contributed by atoms with E-state index in [1.165, 1.54) is 0 Å². The lowest BCUT2D eigenvalue weighted by atomic mass is 10.1. The van der Waals surface area contributed by atoms with Gasteiger partial charge in [0.1, 0.15) is 0 Å². The number of halogens is 3. The molecule has 2 N–H and O–H groups in total. The molecule has 94 valence electrons. The van der Waals surface area contributed by atoms with Crippen LogP contribution in [-0.2, 0) is 10.1 Å². The zero-order valence-corrected chi connectivity index (χ0v) is 10.6. The van der Waals surface area contributed by atoms with Gasteiger partial charge in [0.25, 0.3) is 6.43 Å². The van der Waals surface area contributed by atoms with Gasteiger partial charge in [-0.2, -0.15) is 0 Å². The van der Waals surface area contributed by atoms with Gasteiger partial charge in [-0.1, -0.05) is 15.9 Å². The number of carbonyl (C=O) groups excluding carboxylic acids is 1. The first-order chi connectivity index (χ1) is 8.01. The summed E-state index contributed by atoms with van der Waals surface area (Å²) in [6.45, 7) is 1.74. The van der Waals surface area contributed by atoms with Crippen LogP contribution < -0.4 is 5.73 Å². The lowest BCUT2D eigenvalue weighted by Crippen LogP contribution is -2.14. The van der Waals surface area contributed by atoms with Crippen LogP contribution in [0.5, 0.6) is 0 Å². The van der Waals surface area contributed by atoms with E-state index in [0.29, 0.717) is 5.69 Å². The molecule has 0 saturated heterocycles. The summed E-state index contributed by atoms with van der Waals surface area (Å²) >= 11 is 3.09. The van der Waals surface area contributed by atoms with Crippen molar-refractivity contribution in [1.82, 2.24) is 4.98 Å². The van der Waals surface area contributed by atoms with E-state index in [4.69, 9.17) is 10.5 Å². The van der Waals surface area contributed by atoms with E-state index in [1.807, 2.05) is 0 Å². The molecule has 17 heavy (non-hydrogen) atoms. The summed E-state index contributed by atoms with van der Waals surface area (Å²) in [4.78, 5) is 15.4. The summed E-state index contributed by atoms with van der Waals surface area (Å²) in [6, 6.07) is 1.16. The highest BCUT2D eigenvalue weighted by molar-refractivity contribution is 9.08. The van der Waals surface area contributed by atoms with Crippen LogP contribution >= 0.6 is 15.9 Å². The summed E-state index contributed by atoms with van der Waals surface area (Å²) in [5.41, 5.74) is 4.78. The first-order valence-corrected chi connectivity index (χ1v) is 5.93. The van der Waals surface area contributed by atoms with E-state index >= 15 is 0 Å². The number of nitrogens with two attached hydrogens (primary N) is 1. The van der Waals surface area contributed by atoms with Crippen molar-refractivity contribution in [3.8, 4) is 0 Å². The van der Waals surface area contributed by atoms with E-state index in [2.05, 4.69) is 20.9 Å². The highest BCUT2D eigenvalue weighted by Crippen LogP contribution is 2.28. The number of nitrogen functional groups attached to an aromatic ring is 1. The highest BCUT2D eigenvalue weighted by atomic mass is 79.9. The minimum absolute atomic E-state index is 0.127. The molecule has 7 heteroatoms. The molecule has 0 saturated carbocycles. The summed E-state index contributed by atoms with van der Waals surface area (Å²) in [5, 5.41) is 0.249. The van der Waals surface area contributed by atoms with Gasteiger partial charge in [0, 0.05) is 10.9 Å². The van der Waals surface area contributed by atoms with Crippen molar-refractivity contribution < 1.29 is 18.3 Å². The molecule has 0 fully saturated rings. The van der Waals surface area contributed by atoms with Gasteiger partial charge in [-0.15, -0.1) is 0 Å². The smallest absolute Gasteiger partial charge is 0.359 e. The molecule has 0 unspecified atom stereocenters. The average molecular weight is 309 g/mol. The maximum Gasteiger partial charge on any atom is 0.359 e. The lowest BCUT2D eigenvalue weighted by molar-refractivity contribution is 0.0520. The van der Waals surface area contributed by atoms with Crippen molar-refractivity contribution in [3.05, 3.63) is 23.0 Å². The molecule has 0 aromatic carbocycles. The summed E-state index contributed by atoms with van der Waals surface area (Å²) in [7, 11) is 0. The molecule has 1 rings (SSSR count). The SMILES string of the molecule is CCOC(=O)c1nc(CBr)cc(C(F)F)c1N. The zero-order valence-electron chi connectivity index (χ0n) is 9.04. The predicted octanol–water partition coefficient (Wildman–Crippen LogP) is 2.67. The van der Waals surface area contributed by atoms with Crippen LogP contribution in [0.15, 0.2) is 6.07 Å². The third kappa shape index (κ3) is 3.12. The third-order valence-electron chi connectivity index (χ3n) is 1.98. The molecular weight excluding hydrogens is 298 g/mol. The summed E-state index contributed by atoms with van der Waals surface area (Å²) < 4.78 is 30.1. The van der Waals surface area contributed by atoms with Crippen molar-refractivity contribution in [1.29, 1.82) is 0 Å². The van der Waals surface area contributed by atoms with Crippen LogP contribution in [0.4, 0.5) is 14.5 Å². The quantitative estimate of drug-likeness (QED) is 0.686. The minimum atomic E-state index is -2.76. The number of pyridine rings is 1. The van der Waals surface area contributed by atoms with E-state index in [0.717, 1.165) is 6.07 Å². The molecule has 0 radical (unpaired) electrons. The second-order valence-corrected chi connectivity index (χ2v) is 3.68.